The zero-order valence-electron chi connectivity index (χ0n) is 15.7. The van der Waals surface area contributed by atoms with E-state index in [0.717, 1.165) is 33.4 Å². The van der Waals surface area contributed by atoms with Crippen molar-refractivity contribution in [3.63, 3.8) is 0 Å². The molecule has 0 aliphatic carbocycles. The number of alkyl halides is 3. The van der Waals surface area contributed by atoms with E-state index in [0.29, 0.717) is 5.82 Å². The largest absolute Gasteiger partial charge is 0.573 e. The molecule has 0 fully saturated rings. The van der Waals surface area contributed by atoms with Gasteiger partial charge in [-0.05, 0) is 58.8 Å². The van der Waals surface area contributed by atoms with Crippen molar-refractivity contribution in [3.05, 3.63) is 73.1 Å². The third kappa shape index (κ3) is 3.82. The highest BCUT2D eigenvalue weighted by molar-refractivity contribution is 5.82. The van der Waals surface area contributed by atoms with Gasteiger partial charge in [-0.25, -0.2) is 4.98 Å². The van der Waals surface area contributed by atoms with E-state index in [1.54, 1.807) is 18.5 Å². The number of hydrogen-bond donors (Lipinski definition) is 1. The van der Waals surface area contributed by atoms with E-state index in [1.807, 2.05) is 47.0 Å². The van der Waals surface area contributed by atoms with E-state index < -0.39 is 6.36 Å². The first kappa shape index (κ1) is 18.8. The molecular formula is C21H13F3N6O. The average molecular weight is 422 g/mol. The third-order valence-electron chi connectivity index (χ3n) is 4.70. The quantitative estimate of drug-likeness (QED) is 0.451. The highest BCUT2D eigenvalue weighted by atomic mass is 19.4. The van der Waals surface area contributed by atoms with Crippen LogP contribution in [0.4, 0.5) is 13.2 Å². The van der Waals surface area contributed by atoms with Gasteiger partial charge in [0.1, 0.15) is 12.1 Å². The van der Waals surface area contributed by atoms with Gasteiger partial charge in [-0.2, -0.15) is 5.21 Å². The number of nitrogens with zero attached hydrogens (tertiary/aromatic N) is 5. The van der Waals surface area contributed by atoms with E-state index in [1.165, 1.54) is 12.1 Å². The molecule has 2 aromatic heterocycles. The van der Waals surface area contributed by atoms with Crippen LogP contribution >= 0.6 is 0 Å². The molecule has 0 aliphatic rings. The number of nitrogens with one attached hydrogen (secondary N) is 1. The summed E-state index contributed by atoms with van der Waals surface area (Å²) < 4.78 is 43.0. The molecule has 0 unspecified atom stereocenters. The molecule has 3 aromatic carbocycles. The topological polar surface area (TPSA) is 81.5 Å². The van der Waals surface area contributed by atoms with Gasteiger partial charge in [0.15, 0.2) is 0 Å². The molecule has 0 aliphatic heterocycles. The molecule has 0 saturated heterocycles. The van der Waals surface area contributed by atoms with Gasteiger partial charge >= 0.3 is 6.36 Å². The molecule has 31 heavy (non-hydrogen) atoms. The van der Waals surface area contributed by atoms with Gasteiger partial charge in [0.2, 0.25) is 5.82 Å². The number of imidazole rings is 1. The Morgan fingerprint density at radius 3 is 2.42 bits per heavy atom. The molecule has 0 bridgehead atoms. The van der Waals surface area contributed by atoms with Gasteiger partial charge < -0.3 is 4.74 Å². The maximum Gasteiger partial charge on any atom is 0.573 e. The minimum atomic E-state index is -4.72. The van der Waals surface area contributed by atoms with E-state index in [2.05, 4.69) is 30.3 Å². The normalized spacial score (nSPS) is 11.7. The molecular weight excluding hydrogens is 409 g/mol. The zero-order chi connectivity index (χ0) is 21.4. The van der Waals surface area contributed by atoms with Gasteiger partial charge in [-0.15, -0.1) is 23.4 Å². The fourth-order valence-corrected chi connectivity index (χ4v) is 3.32. The van der Waals surface area contributed by atoms with Crippen molar-refractivity contribution >= 4 is 11.0 Å². The molecule has 1 N–H and O–H groups in total. The van der Waals surface area contributed by atoms with Crippen molar-refractivity contribution in [1.29, 1.82) is 0 Å². The highest BCUT2D eigenvalue weighted by Gasteiger charge is 2.30. The van der Waals surface area contributed by atoms with Gasteiger partial charge in [0, 0.05) is 11.3 Å². The zero-order valence-corrected chi connectivity index (χ0v) is 15.7. The summed E-state index contributed by atoms with van der Waals surface area (Å²) in [4.78, 5) is 4.44. The summed E-state index contributed by atoms with van der Waals surface area (Å²) in [5.41, 5.74) is 4.89. The average Bonchev–Trinajstić information content (AvgIpc) is 3.43. The smallest absolute Gasteiger partial charge is 0.406 e. The predicted molar refractivity (Wildman–Crippen MR) is 106 cm³/mol. The van der Waals surface area contributed by atoms with Crippen molar-refractivity contribution in [2.45, 2.75) is 6.36 Å². The minimum Gasteiger partial charge on any atom is -0.406 e. The molecule has 0 amide bonds. The molecule has 2 heterocycles. The standard InChI is InChI=1S/C21H13F3N6O/c22-21(23,24)31-17-7-4-13(5-8-17)14-2-1-3-16(10-14)30-12-25-18-9-6-15(11-19(18)30)20-26-28-29-27-20/h1-12H,(H,26,27,28,29). The Morgan fingerprint density at radius 2 is 1.68 bits per heavy atom. The second-order valence-electron chi connectivity index (χ2n) is 6.68. The van der Waals surface area contributed by atoms with Gasteiger partial charge in [0.05, 0.1) is 11.0 Å². The maximum atomic E-state index is 12.4. The third-order valence-corrected chi connectivity index (χ3v) is 4.70. The molecule has 5 rings (SSSR count). The Balaban J connectivity index is 1.50. The fourth-order valence-electron chi connectivity index (χ4n) is 3.32. The van der Waals surface area contributed by atoms with Crippen LogP contribution in [0.1, 0.15) is 0 Å². The summed E-state index contributed by atoms with van der Waals surface area (Å²) >= 11 is 0. The lowest BCUT2D eigenvalue weighted by atomic mass is 10.0. The van der Waals surface area contributed by atoms with E-state index in [9.17, 15) is 13.2 Å². The summed E-state index contributed by atoms with van der Waals surface area (Å²) in [6.07, 6.45) is -3.01. The van der Waals surface area contributed by atoms with Crippen molar-refractivity contribution in [2.75, 3.05) is 0 Å². The Bertz CT molecular complexity index is 1340. The van der Waals surface area contributed by atoms with Crippen molar-refractivity contribution in [3.8, 4) is 34.0 Å². The maximum absolute atomic E-state index is 12.4. The second-order valence-corrected chi connectivity index (χ2v) is 6.68. The van der Waals surface area contributed by atoms with Crippen molar-refractivity contribution in [1.82, 2.24) is 30.2 Å². The number of H-pyrrole nitrogens is 1. The molecule has 5 aromatic rings. The number of tetrazole rings is 1. The van der Waals surface area contributed by atoms with Crippen molar-refractivity contribution < 1.29 is 17.9 Å². The first-order valence-electron chi connectivity index (χ1n) is 9.14. The number of fused-ring (bicyclic) bond motifs is 1. The summed E-state index contributed by atoms with van der Waals surface area (Å²) in [5, 5.41) is 14.0. The van der Waals surface area contributed by atoms with Gasteiger partial charge in [0.25, 0.3) is 0 Å². The lowest BCUT2D eigenvalue weighted by Gasteiger charge is -2.10. The number of rotatable bonds is 4. The predicted octanol–water partition coefficient (Wildman–Crippen LogP) is 4.77. The number of hydrogen-bond acceptors (Lipinski definition) is 5. The van der Waals surface area contributed by atoms with Crippen LogP contribution in [0.5, 0.6) is 5.75 Å². The fraction of sp³-hybridized carbons (Fsp3) is 0.0476. The molecule has 154 valence electrons. The SMILES string of the molecule is FC(F)(F)Oc1ccc(-c2cccc(-n3cnc4ccc(-c5nn[nH]n5)cc43)c2)cc1. The van der Waals surface area contributed by atoms with Crippen LogP contribution in [0.3, 0.4) is 0 Å². The Labute approximate surface area is 173 Å². The monoisotopic (exact) mass is 422 g/mol. The van der Waals surface area contributed by atoms with Crippen LogP contribution in [0.15, 0.2) is 73.1 Å². The number of halogens is 3. The van der Waals surface area contributed by atoms with Gasteiger partial charge in [-0.3, -0.25) is 4.57 Å². The van der Waals surface area contributed by atoms with Crippen LogP contribution < -0.4 is 4.74 Å². The lowest BCUT2D eigenvalue weighted by Crippen LogP contribution is -2.16. The number of benzene rings is 3. The van der Waals surface area contributed by atoms with E-state index in [4.69, 9.17) is 0 Å². The van der Waals surface area contributed by atoms with E-state index >= 15 is 0 Å². The molecule has 0 saturated carbocycles. The van der Waals surface area contributed by atoms with Crippen LogP contribution in [-0.2, 0) is 0 Å². The van der Waals surface area contributed by atoms with E-state index in [-0.39, 0.29) is 5.75 Å². The molecule has 0 spiro atoms. The van der Waals surface area contributed by atoms with Crippen LogP contribution in [0, 0.1) is 0 Å². The lowest BCUT2D eigenvalue weighted by molar-refractivity contribution is -0.274. The highest BCUT2D eigenvalue weighted by Crippen LogP contribution is 2.29. The summed E-state index contributed by atoms with van der Waals surface area (Å²) in [6.45, 7) is 0. The van der Waals surface area contributed by atoms with Crippen LogP contribution in [-0.4, -0.2) is 36.5 Å². The Kier molecular flexibility index (Phi) is 4.39. The molecule has 0 atom stereocenters. The minimum absolute atomic E-state index is 0.262. The Morgan fingerprint density at radius 1 is 0.871 bits per heavy atom. The summed E-state index contributed by atoms with van der Waals surface area (Å²) in [5.74, 6) is 0.214. The Hall–Kier alpha value is -4.21. The number of ether oxygens (including phenoxy) is 1. The molecule has 10 heteroatoms. The summed E-state index contributed by atoms with van der Waals surface area (Å²) in [6, 6.07) is 19.0. The first-order chi connectivity index (χ1) is 15.0. The molecule has 0 radical (unpaired) electrons. The van der Waals surface area contributed by atoms with Crippen LogP contribution in [0.2, 0.25) is 0 Å². The van der Waals surface area contributed by atoms with Crippen molar-refractivity contribution in [2.24, 2.45) is 0 Å². The number of aromatic nitrogens is 6. The number of aromatic amines is 1. The van der Waals surface area contributed by atoms with Gasteiger partial charge in [-0.1, -0.05) is 24.3 Å². The summed E-state index contributed by atoms with van der Waals surface area (Å²) in [7, 11) is 0. The van der Waals surface area contributed by atoms with Crippen LogP contribution in [0.25, 0.3) is 39.2 Å². The second kappa shape index (κ2) is 7.24. The first-order valence-corrected chi connectivity index (χ1v) is 9.14. The molecule has 7 nitrogen and oxygen atoms in total.